The minimum absolute atomic E-state index is 0.332. The Morgan fingerprint density at radius 3 is 2.55 bits per heavy atom. The van der Waals surface area contributed by atoms with Gasteiger partial charge in [-0.2, -0.15) is 17.0 Å². The van der Waals surface area contributed by atoms with Crippen molar-refractivity contribution in [3.63, 3.8) is 0 Å². The molecule has 1 aliphatic heterocycles. The van der Waals surface area contributed by atoms with Crippen molar-refractivity contribution < 1.29 is 8.42 Å². The predicted octanol–water partition coefficient (Wildman–Crippen LogP) is 2.85. The van der Waals surface area contributed by atoms with E-state index in [0.29, 0.717) is 19.6 Å². The minimum Gasteiger partial charge on any atom is -0.240 e. The van der Waals surface area contributed by atoms with Crippen molar-refractivity contribution in [2.45, 2.75) is 32.2 Å². The molecule has 0 radical (unpaired) electrons. The number of rotatable bonds is 4. The van der Waals surface area contributed by atoms with Gasteiger partial charge in [-0.15, -0.1) is 11.3 Å². The summed E-state index contributed by atoms with van der Waals surface area (Å²) in [6.45, 7) is 1.59. The number of benzene rings is 1. The van der Waals surface area contributed by atoms with Crippen molar-refractivity contribution in [2.75, 3.05) is 20.1 Å². The molecule has 120 valence electrons. The SMILES string of the molecule is CN(Cc1nc2ccccc2s1)S(=O)(=O)N1CCCCCC1. The lowest BCUT2D eigenvalue weighted by molar-refractivity contribution is 0.363. The smallest absolute Gasteiger partial charge is 0.240 e. The van der Waals surface area contributed by atoms with Gasteiger partial charge in [0, 0.05) is 20.1 Å². The molecule has 1 aliphatic rings. The van der Waals surface area contributed by atoms with Crippen LogP contribution in [0, 0.1) is 0 Å². The molecule has 2 heterocycles. The molecule has 3 rings (SSSR count). The average Bonchev–Trinajstić information content (AvgIpc) is 2.71. The standard InChI is InChI=1S/C15H21N3O2S2/c1-17(22(19,20)18-10-6-2-3-7-11-18)12-15-16-13-8-4-5-9-14(13)21-15/h4-5,8-9H,2-3,6-7,10-12H2,1H3. The summed E-state index contributed by atoms with van der Waals surface area (Å²) >= 11 is 1.56. The van der Waals surface area contributed by atoms with Crippen LogP contribution in [0.3, 0.4) is 0 Å². The quantitative estimate of drug-likeness (QED) is 0.861. The van der Waals surface area contributed by atoms with Crippen LogP contribution in [0.4, 0.5) is 0 Å². The summed E-state index contributed by atoms with van der Waals surface area (Å²) in [6.07, 6.45) is 4.14. The molecule has 1 aromatic carbocycles. The zero-order valence-electron chi connectivity index (χ0n) is 12.7. The molecule has 0 N–H and O–H groups in total. The van der Waals surface area contributed by atoms with E-state index in [1.165, 1.54) is 4.31 Å². The van der Waals surface area contributed by atoms with Crippen LogP contribution < -0.4 is 0 Å². The Morgan fingerprint density at radius 1 is 1.18 bits per heavy atom. The Hall–Kier alpha value is -1.02. The topological polar surface area (TPSA) is 53.5 Å². The predicted molar refractivity (Wildman–Crippen MR) is 90.0 cm³/mol. The van der Waals surface area contributed by atoms with E-state index in [4.69, 9.17) is 0 Å². The van der Waals surface area contributed by atoms with Crippen LogP contribution in [-0.4, -0.2) is 42.1 Å². The Balaban J connectivity index is 1.75. The highest BCUT2D eigenvalue weighted by Crippen LogP contribution is 2.24. The van der Waals surface area contributed by atoms with E-state index < -0.39 is 10.2 Å². The molecule has 0 amide bonds. The maximum Gasteiger partial charge on any atom is 0.282 e. The van der Waals surface area contributed by atoms with E-state index in [-0.39, 0.29) is 0 Å². The van der Waals surface area contributed by atoms with Crippen LogP contribution >= 0.6 is 11.3 Å². The molecule has 22 heavy (non-hydrogen) atoms. The number of thiazole rings is 1. The lowest BCUT2D eigenvalue weighted by atomic mass is 10.2. The Bertz CT molecular complexity index is 701. The van der Waals surface area contributed by atoms with Crippen LogP contribution in [0.5, 0.6) is 0 Å². The lowest BCUT2D eigenvalue weighted by Crippen LogP contribution is -2.42. The second kappa shape index (κ2) is 6.62. The maximum atomic E-state index is 12.7. The second-order valence-electron chi connectivity index (χ2n) is 5.65. The third kappa shape index (κ3) is 3.32. The van der Waals surface area contributed by atoms with Gasteiger partial charge in [-0.05, 0) is 25.0 Å². The summed E-state index contributed by atoms with van der Waals surface area (Å²) in [7, 11) is -1.74. The van der Waals surface area contributed by atoms with E-state index in [0.717, 1.165) is 40.9 Å². The lowest BCUT2D eigenvalue weighted by Gasteiger charge is -2.25. The number of fused-ring (bicyclic) bond motifs is 1. The zero-order chi connectivity index (χ0) is 15.6. The first-order valence-corrected chi connectivity index (χ1v) is 9.84. The van der Waals surface area contributed by atoms with E-state index >= 15 is 0 Å². The van der Waals surface area contributed by atoms with Gasteiger partial charge in [0.05, 0.1) is 16.8 Å². The fourth-order valence-corrected chi connectivity index (χ4v) is 5.23. The summed E-state index contributed by atoms with van der Waals surface area (Å²) in [5.41, 5.74) is 0.933. The zero-order valence-corrected chi connectivity index (χ0v) is 14.4. The van der Waals surface area contributed by atoms with Gasteiger partial charge in [0.15, 0.2) is 0 Å². The Labute approximate surface area is 135 Å². The first-order valence-electron chi connectivity index (χ1n) is 7.63. The molecular formula is C15H21N3O2S2. The third-order valence-electron chi connectivity index (χ3n) is 3.98. The van der Waals surface area contributed by atoms with Gasteiger partial charge in [0.2, 0.25) is 0 Å². The van der Waals surface area contributed by atoms with E-state index in [1.807, 2.05) is 24.3 Å². The highest BCUT2D eigenvalue weighted by Gasteiger charge is 2.28. The molecule has 0 aliphatic carbocycles. The summed E-state index contributed by atoms with van der Waals surface area (Å²) in [6, 6.07) is 7.89. The average molecular weight is 339 g/mol. The van der Waals surface area contributed by atoms with Gasteiger partial charge in [-0.3, -0.25) is 0 Å². The third-order valence-corrected chi connectivity index (χ3v) is 6.94. The molecule has 1 fully saturated rings. The monoisotopic (exact) mass is 339 g/mol. The molecule has 7 heteroatoms. The summed E-state index contributed by atoms with van der Waals surface area (Å²) < 4.78 is 29.5. The van der Waals surface area contributed by atoms with Crippen LogP contribution in [0.1, 0.15) is 30.7 Å². The molecule has 0 atom stereocenters. The van der Waals surface area contributed by atoms with E-state index in [2.05, 4.69) is 4.98 Å². The molecular weight excluding hydrogens is 318 g/mol. The number of aromatic nitrogens is 1. The molecule has 0 unspecified atom stereocenters. The van der Waals surface area contributed by atoms with Gasteiger partial charge in [-0.25, -0.2) is 4.98 Å². The fourth-order valence-electron chi connectivity index (χ4n) is 2.73. The first-order chi connectivity index (χ1) is 10.6. The largest absolute Gasteiger partial charge is 0.282 e. The van der Waals surface area contributed by atoms with Gasteiger partial charge in [-0.1, -0.05) is 25.0 Å². The van der Waals surface area contributed by atoms with Crippen molar-refractivity contribution >= 4 is 31.8 Å². The molecule has 0 spiro atoms. The normalized spacial score (nSPS) is 17.9. The van der Waals surface area contributed by atoms with Gasteiger partial charge < -0.3 is 0 Å². The van der Waals surface area contributed by atoms with Crippen molar-refractivity contribution in [1.82, 2.24) is 13.6 Å². The van der Waals surface area contributed by atoms with Gasteiger partial charge >= 0.3 is 0 Å². The van der Waals surface area contributed by atoms with Crippen molar-refractivity contribution in [3.8, 4) is 0 Å². The number of hydrogen-bond acceptors (Lipinski definition) is 4. The summed E-state index contributed by atoms with van der Waals surface area (Å²) in [4.78, 5) is 4.52. The number of nitrogens with zero attached hydrogens (tertiary/aromatic N) is 3. The molecule has 2 aromatic rings. The van der Waals surface area contributed by atoms with Crippen molar-refractivity contribution in [3.05, 3.63) is 29.3 Å². The number of para-hydroxylation sites is 1. The number of hydrogen-bond donors (Lipinski definition) is 0. The minimum atomic E-state index is -3.39. The highest BCUT2D eigenvalue weighted by molar-refractivity contribution is 7.86. The van der Waals surface area contributed by atoms with Crippen molar-refractivity contribution in [2.24, 2.45) is 0 Å². The molecule has 0 bridgehead atoms. The summed E-state index contributed by atoms with van der Waals surface area (Å²) in [5, 5.41) is 0.835. The van der Waals surface area contributed by atoms with E-state index in [9.17, 15) is 8.42 Å². The molecule has 5 nitrogen and oxygen atoms in total. The van der Waals surface area contributed by atoms with Crippen LogP contribution in [0.2, 0.25) is 0 Å². The Morgan fingerprint density at radius 2 is 1.86 bits per heavy atom. The van der Waals surface area contributed by atoms with Crippen LogP contribution in [0.15, 0.2) is 24.3 Å². The Kier molecular flexibility index (Phi) is 4.77. The van der Waals surface area contributed by atoms with Crippen molar-refractivity contribution in [1.29, 1.82) is 0 Å². The second-order valence-corrected chi connectivity index (χ2v) is 8.80. The summed E-state index contributed by atoms with van der Waals surface area (Å²) in [5.74, 6) is 0. The van der Waals surface area contributed by atoms with Crippen LogP contribution in [-0.2, 0) is 16.8 Å². The highest BCUT2D eigenvalue weighted by atomic mass is 32.2. The molecule has 1 aromatic heterocycles. The first kappa shape index (κ1) is 15.9. The molecule has 0 saturated carbocycles. The van der Waals surface area contributed by atoms with Gasteiger partial charge in [0.25, 0.3) is 10.2 Å². The van der Waals surface area contributed by atoms with Gasteiger partial charge in [0.1, 0.15) is 5.01 Å². The van der Waals surface area contributed by atoms with Crippen LogP contribution in [0.25, 0.3) is 10.2 Å². The molecule has 1 saturated heterocycles. The fraction of sp³-hybridized carbons (Fsp3) is 0.533. The van der Waals surface area contributed by atoms with E-state index in [1.54, 1.807) is 22.7 Å². The maximum absolute atomic E-state index is 12.7.